The highest BCUT2D eigenvalue weighted by Gasteiger charge is 2.18. The van der Waals surface area contributed by atoms with Gasteiger partial charge in [-0.15, -0.1) is 0 Å². The topological polar surface area (TPSA) is 29.3 Å². The number of hydrogen-bond acceptors (Lipinski definition) is 3. The van der Waals surface area contributed by atoms with Gasteiger partial charge in [-0.05, 0) is 56.5 Å². The maximum Gasteiger partial charge on any atom is 0.176 e. The summed E-state index contributed by atoms with van der Waals surface area (Å²) in [7, 11) is 0. The van der Waals surface area contributed by atoms with Crippen LogP contribution in [0.1, 0.15) is 25.0 Å². The summed E-state index contributed by atoms with van der Waals surface area (Å²) in [5.41, 5.74) is 4.68. The lowest BCUT2D eigenvalue weighted by Gasteiger charge is -2.28. The van der Waals surface area contributed by atoms with Crippen LogP contribution < -0.4 is 4.90 Å². The van der Waals surface area contributed by atoms with E-state index in [0.29, 0.717) is 0 Å². The van der Waals surface area contributed by atoms with E-state index in [1.165, 1.54) is 31.4 Å². The summed E-state index contributed by atoms with van der Waals surface area (Å²) in [4.78, 5) is 6.99. The maximum absolute atomic E-state index is 13.1. The van der Waals surface area contributed by atoms with E-state index < -0.39 is 0 Å². The van der Waals surface area contributed by atoms with Gasteiger partial charge in [0, 0.05) is 30.4 Å². The molecule has 1 aliphatic heterocycles. The van der Waals surface area contributed by atoms with Gasteiger partial charge in [0.25, 0.3) is 0 Å². The second kappa shape index (κ2) is 5.69. The fraction of sp³-hybridized carbons (Fsp3) is 0.316. The first kappa shape index (κ1) is 14.2. The second-order valence-electron chi connectivity index (χ2n) is 6.16. The van der Waals surface area contributed by atoms with Gasteiger partial charge < -0.3 is 9.32 Å². The molecule has 1 aromatic carbocycles. The summed E-state index contributed by atoms with van der Waals surface area (Å²) >= 11 is 0. The normalized spacial score (nSPS) is 15.3. The molecule has 1 fully saturated rings. The van der Waals surface area contributed by atoms with Gasteiger partial charge in [-0.3, -0.25) is 0 Å². The number of fused-ring (bicyclic) bond motifs is 1. The van der Waals surface area contributed by atoms with Crippen LogP contribution in [0.4, 0.5) is 10.1 Å². The number of halogens is 1. The van der Waals surface area contributed by atoms with Crippen molar-refractivity contribution in [2.75, 3.05) is 18.0 Å². The minimum Gasteiger partial charge on any atom is -0.452 e. The first-order chi connectivity index (χ1) is 11.2. The Balaban J connectivity index is 1.82. The summed E-state index contributed by atoms with van der Waals surface area (Å²) in [6.45, 7) is 4.13. The van der Waals surface area contributed by atoms with Crippen molar-refractivity contribution in [1.82, 2.24) is 4.98 Å². The third-order valence-corrected chi connectivity index (χ3v) is 4.41. The number of pyridine rings is 1. The van der Waals surface area contributed by atoms with Crippen LogP contribution in [-0.4, -0.2) is 18.1 Å². The number of furan rings is 1. The van der Waals surface area contributed by atoms with Crippen LogP contribution in [0.3, 0.4) is 0 Å². The van der Waals surface area contributed by atoms with E-state index in [-0.39, 0.29) is 5.82 Å². The van der Waals surface area contributed by atoms with Gasteiger partial charge in [-0.2, -0.15) is 0 Å². The Morgan fingerprint density at radius 2 is 1.78 bits per heavy atom. The van der Waals surface area contributed by atoms with Crippen molar-refractivity contribution in [2.45, 2.75) is 26.2 Å². The zero-order valence-electron chi connectivity index (χ0n) is 13.2. The fourth-order valence-corrected chi connectivity index (χ4v) is 3.26. The van der Waals surface area contributed by atoms with E-state index >= 15 is 0 Å². The molecular formula is C19H19FN2O. The molecule has 0 bridgehead atoms. The molecule has 4 rings (SSSR count). The highest BCUT2D eigenvalue weighted by molar-refractivity contribution is 5.90. The molecule has 0 saturated carbocycles. The highest BCUT2D eigenvalue weighted by atomic mass is 19.1. The Kier molecular flexibility index (Phi) is 3.52. The van der Waals surface area contributed by atoms with Crippen LogP contribution >= 0.6 is 0 Å². The fourth-order valence-electron chi connectivity index (χ4n) is 3.26. The Morgan fingerprint density at radius 3 is 2.52 bits per heavy atom. The number of hydrogen-bond donors (Lipinski definition) is 0. The third-order valence-electron chi connectivity index (χ3n) is 4.41. The molecule has 0 aliphatic carbocycles. The lowest BCUT2D eigenvalue weighted by Crippen LogP contribution is -2.29. The van der Waals surface area contributed by atoms with Gasteiger partial charge in [-0.1, -0.05) is 0 Å². The molecule has 2 aromatic heterocycles. The summed E-state index contributed by atoms with van der Waals surface area (Å²) in [6, 6.07) is 10.4. The largest absolute Gasteiger partial charge is 0.452 e. The summed E-state index contributed by atoms with van der Waals surface area (Å²) in [5.74, 6) is 0.490. The number of aryl methyl sites for hydroxylation is 1. The van der Waals surface area contributed by atoms with E-state index in [0.717, 1.165) is 46.9 Å². The summed E-state index contributed by atoms with van der Waals surface area (Å²) in [5, 5.41) is 0. The lowest BCUT2D eigenvalue weighted by molar-refractivity contribution is 0.571. The zero-order chi connectivity index (χ0) is 15.8. The van der Waals surface area contributed by atoms with Gasteiger partial charge in [0.2, 0.25) is 0 Å². The van der Waals surface area contributed by atoms with Crippen LogP contribution in [0.15, 0.2) is 40.8 Å². The Labute approximate surface area is 134 Å². The van der Waals surface area contributed by atoms with Crippen molar-refractivity contribution < 1.29 is 8.81 Å². The summed E-state index contributed by atoms with van der Waals surface area (Å²) in [6.07, 6.45) is 3.73. The number of anilines is 1. The monoisotopic (exact) mass is 310 g/mol. The molecule has 3 heterocycles. The maximum atomic E-state index is 13.1. The molecule has 0 N–H and O–H groups in total. The zero-order valence-corrected chi connectivity index (χ0v) is 13.2. The Morgan fingerprint density at radius 1 is 1.04 bits per heavy atom. The van der Waals surface area contributed by atoms with E-state index in [9.17, 15) is 4.39 Å². The lowest BCUT2D eigenvalue weighted by atomic mass is 10.1. The number of benzene rings is 1. The minimum atomic E-state index is -0.243. The Bertz CT molecular complexity index is 832. The molecule has 0 unspecified atom stereocenters. The van der Waals surface area contributed by atoms with Crippen LogP contribution in [0.5, 0.6) is 0 Å². The van der Waals surface area contributed by atoms with Gasteiger partial charge in [-0.25, -0.2) is 9.37 Å². The van der Waals surface area contributed by atoms with Crippen molar-refractivity contribution in [2.24, 2.45) is 0 Å². The van der Waals surface area contributed by atoms with Crippen LogP contribution in [0, 0.1) is 12.7 Å². The number of rotatable bonds is 2. The van der Waals surface area contributed by atoms with Crippen LogP contribution in [0.25, 0.3) is 22.4 Å². The highest BCUT2D eigenvalue weighted by Crippen LogP contribution is 2.34. The smallest absolute Gasteiger partial charge is 0.176 e. The molecule has 0 radical (unpaired) electrons. The van der Waals surface area contributed by atoms with Crippen molar-refractivity contribution in [3.63, 3.8) is 0 Å². The number of aromatic nitrogens is 1. The molecule has 1 aliphatic rings. The average Bonchev–Trinajstić information content (AvgIpc) is 2.99. The third kappa shape index (κ3) is 2.69. The molecule has 118 valence electrons. The first-order valence-electron chi connectivity index (χ1n) is 8.13. The standard InChI is InChI=1S/C19H19FN2O/c1-13-11-17(22-9-3-2-4-10-22)19-16(21-13)12-18(23-19)14-5-7-15(20)8-6-14/h5-8,11-12H,2-4,9-10H2,1H3. The van der Waals surface area contributed by atoms with E-state index in [1.807, 2.05) is 13.0 Å². The molecule has 23 heavy (non-hydrogen) atoms. The van der Waals surface area contributed by atoms with Crippen LogP contribution in [0.2, 0.25) is 0 Å². The quantitative estimate of drug-likeness (QED) is 0.672. The molecule has 0 amide bonds. The Hall–Kier alpha value is -2.36. The van der Waals surface area contributed by atoms with Gasteiger partial charge in [0.05, 0.1) is 5.69 Å². The second-order valence-corrected chi connectivity index (χ2v) is 6.16. The molecule has 3 nitrogen and oxygen atoms in total. The predicted molar refractivity (Wildman–Crippen MR) is 90.2 cm³/mol. The molecule has 4 heteroatoms. The van der Waals surface area contributed by atoms with Gasteiger partial charge >= 0.3 is 0 Å². The van der Waals surface area contributed by atoms with E-state index in [1.54, 1.807) is 12.1 Å². The molecule has 1 saturated heterocycles. The van der Waals surface area contributed by atoms with E-state index in [4.69, 9.17) is 4.42 Å². The number of nitrogens with zero attached hydrogens (tertiary/aromatic N) is 2. The van der Waals surface area contributed by atoms with Crippen LogP contribution in [-0.2, 0) is 0 Å². The molecular weight excluding hydrogens is 291 g/mol. The van der Waals surface area contributed by atoms with Crippen molar-refractivity contribution in [3.05, 3.63) is 47.9 Å². The first-order valence-corrected chi connectivity index (χ1v) is 8.13. The molecule has 0 spiro atoms. The molecule has 3 aromatic rings. The predicted octanol–water partition coefficient (Wildman–Crippen LogP) is 4.93. The van der Waals surface area contributed by atoms with Gasteiger partial charge in [0.1, 0.15) is 17.1 Å². The van der Waals surface area contributed by atoms with E-state index in [2.05, 4.69) is 16.0 Å². The van der Waals surface area contributed by atoms with Crippen molar-refractivity contribution in [3.8, 4) is 11.3 Å². The van der Waals surface area contributed by atoms with Crippen molar-refractivity contribution >= 4 is 16.8 Å². The average molecular weight is 310 g/mol. The van der Waals surface area contributed by atoms with Gasteiger partial charge in [0.15, 0.2) is 5.58 Å². The summed E-state index contributed by atoms with van der Waals surface area (Å²) < 4.78 is 19.2. The molecule has 0 atom stereocenters. The minimum absolute atomic E-state index is 0.243. The SMILES string of the molecule is Cc1cc(N2CCCCC2)c2oc(-c3ccc(F)cc3)cc2n1. The van der Waals surface area contributed by atoms with Crippen molar-refractivity contribution in [1.29, 1.82) is 0 Å². The number of piperidine rings is 1.